The molecule has 0 atom stereocenters. The van der Waals surface area contributed by atoms with Crippen LogP contribution in [-0.4, -0.2) is 12.6 Å². The van der Waals surface area contributed by atoms with Crippen molar-refractivity contribution in [3.63, 3.8) is 0 Å². The van der Waals surface area contributed by atoms with Crippen LogP contribution < -0.4 is 5.73 Å². The monoisotopic (exact) mass is 167 g/mol. The minimum Gasteiger partial charge on any atom is -0.384 e. The van der Waals surface area contributed by atoms with E-state index in [1.165, 1.54) is 0 Å². The molecule has 2 N–H and O–H groups in total. The first-order chi connectivity index (χ1) is 5.60. The van der Waals surface area contributed by atoms with Crippen molar-refractivity contribution < 1.29 is 0 Å². The smallest absolute Gasteiger partial charge is 0.130 e. The first-order valence-electron chi connectivity index (χ1n) is 4.06. The van der Waals surface area contributed by atoms with Crippen molar-refractivity contribution in [2.75, 3.05) is 0 Å². The third kappa shape index (κ3) is 4.66. The predicted octanol–water partition coefficient (Wildman–Crippen LogP) is 1.95. The summed E-state index contributed by atoms with van der Waals surface area (Å²) in [6, 6.07) is 0. The Morgan fingerprint density at radius 2 is 2.17 bits per heavy atom. The van der Waals surface area contributed by atoms with Gasteiger partial charge in [-0.15, -0.1) is 0 Å². The van der Waals surface area contributed by atoms with E-state index in [1.807, 2.05) is 6.92 Å². The number of rotatable bonds is 3. The molecular weight excluding hydrogens is 150 g/mol. The van der Waals surface area contributed by atoms with Gasteiger partial charge in [0.25, 0.3) is 0 Å². The molecule has 0 unspecified atom stereocenters. The Morgan fingerprint density at radius 1 is 1.58 bits per heavy atom. The van der Waals surface area contributed by atoms with E-state index in [9.17, 15) is 0 Å². The fourth-order valence-electron chi connectivity index (χ4n) is 0.724. The SMILES string of the molecule is C=N/C(CC(C)C)=N\C(N)=C/C. The first kappa shape index (κ1) is 10.9. The topological polar surface area (TPSA) is 50.7 Å². The lowest BCUT2D eigenvalue weighted by Gasteiger charge is -2.03. The normalized spacial score (nSPS) is 13.7. The maximum absolute atomic E-state index is 5.51. The number of aliphatic imine (C=N–C) groups is 2. The predicted molar refractivity (Wildman–Crippen MR) is 54.4 cm³/mol. The highest BCUT2D eigenvalue weighted by Gasteiger charge is 1.99. The Balaban J connectivity index is 4.33. The molecule has 0 aliphatic carbocycles. The zero-order chi connectivity index (χ0) is 9.56. The zero-order valence-electron chi connectivity index (χ0n) is 8.04. The van der Waals surface area contributed by atoms with Crippen LogP contribution >= 0.6 is 0 Å². The van der Waals surface area contributed by atoms with Crippen LogP contribution in [0, 0.1) is 5.92 Å². The highest BCUT2D eigenvalue weighted by atomic mass is 15.0. The van der Waals surface area contributed by atoms with Crippen molar-refractivity contribution >= 4 is 12.6 Å². The summed E-state index contributed by atoms with van der Waals surface area (Å²) in [6.07, 6.45) is 2.56. The molecule has 0 rings (SSSR count). The van der Waals surface area contributed by atoms with Crippen LogP contribution in [0.1, 0.15) is 27.2 Å². The third-order valence-corrected chi connectivity index (χ3v) is 1.33. The molecule has 68 valence electrons. The maximum Gasteiger partial charge on any atom is 0.130 e. The number of nitrogens with zero attached hydrogens (tertiary/aromatic N) is 2. The van der Waals surface area contributed by atoms with Gasteiger partial charge < -0.3 is 5.73 Å². The molecule has 0 aliphatic rings. The first-order valence-corrected chi connectivity index (χ1v) is 4.06. The quantitative estimate of drug-likeness (QED) is 0.507. The lowest BCUT2D eigenvalue weighted by molar-refractivity contribution is 0.680. The molecule has 0 saturated carbocycles. The second-order valence-electron chi connectivity index (χ2n) is 3.00. The molecule has 0 radical (unpaired) electrons. The van der Waals surface area contributed by atoms with Gasteiger partial charge in [-0.2, -0.15) is 0 Å². The molecule has 0 heterocycles. The van der Waals surface area contributed by atoms with E-state index in [0.717, 1.165) is 6.42 Å². The highest BCUT2D eigenvalue weighted by molar-refractivity contribution is 5.87. The highest BCUT2D eigenvalue weighted by Crippen LogP contribution is 2.03. The molecule has 0 aromatic heterocycles. The van der Waals surface area contributed by atoms with Crippen LogP contribution in [0.2, 0.25) is 0 Å². The second kappa shape index (κ2) is 5.52. The summed E-state index contributed by atoms with van der Waals surface area (Å²) in [6.45, 7) is 9.49. The lowest BCUT2D eigenvalue weighted by atomic mass is 10.1. The van der Waals surface area contributed by atoms with E-state index < -0.39 is 0 Å². The molecule has 12 heavy (non-hydrogen) atoms. The Kier molecular flexibility index (Phi) is 5.00. The van der Waals surface area contributed by atoms with E-state index in [2.05, 4.69) is 30.5 Å². The van der Waals surface area contributed by atoms with Crippen molar-refractivity contribution in [1.82, 2.24) is 0 Å². The van der Waals surface area contributed by atoms with Crippen LogP contribution in [0.3, 0.4) is 0 Å². The number of allylic oxidation sites excluding steroid dienone is 1. The maximum atomic E-state index is 5.51. The van der Waals surface area contributed by atoms with Crippen LogP contribution in [0.4, 0.5) is 0 Å². The molecule has 0 aromatic rings. The molecule has 0 bridgehead atoms. The fourth-order valence-corrected chi connectivity index (χ4v) is 0.724. The average Bonchev–Trinajstić information content (AvgIpc) is 2.02. The molecule has 0 amide bonds. The van der Waals surface area contributed by atoms with Crippen molar-refractivity contribution in [2.45, 2.75) is 27.2 Å². The van der Waals surface area contributed by atoms with Gasteiger partial charge in [0.05, 0.1) is 0 Å². The minimum atomic E-state index is 0.498. The van der Waals surface area contributed by atoms with E-state index in [-0.39, 0.29) is 0 Å². The van der Waals surface area contributed by atoms with Crippen molar-refractivity contribution in [1.29, 1.82) is 0 Å². The Labute approximate surface area is 74.1 Å². The molecule has 0 fully saturated rings. The van der Waals surface area contributed by atoms with E-state index in [1.54, 1.807) is 6.08 Å². The minimum absolute atomic E-state index is 0.498. The molecule has 3 heteroatoms. The van der Waals surface area contributed by atoms with Gasteiger partial charge in [-0.05, 0) is 25.6 Å². The van der Waals surface area contributed by atoms with Crippen molar-refractivity contribution in [3.05, 3.63) is 11.9 Å². The van der Waals surface area contributed by atoms with Crippen LogP contribution in [-0.2, 0) is 0 Å². The van der Waals surface area contributed by atoms with Gasteiger partial charge in [-0.3, -0.25) is 0 Å². The summed E-state index contributed by atoms with van der Waals surface area (Å²) in [5.74, 6) is 1.73. The van der Waals surface area contributed by atoms with Gasteiger partial charge in [-0.25, -0.2) is 9.98 Å². The van der Waals surface area contributed by atoms with Gasteiger partial charge in [-0.1, -0.05) is 13.8 Å². The molecule has 0 aliphatic heterocycles. The summed E-state index contributed by atoms with van der Waals surface area (Å²) < 4.78 is 0. The second-order valence-corrected chi connectivity index (χ2v) is 3.00. The number of nitrogens with two attached hydrogens (primary N) is 1. The lowest BCUT2D eigenvalue weighted by Crippen LogP contribution is -2.03. The number of hydrogen-bond acceptors (Lipinski definition) is 2. The van der Waals surface area contributed by atoms with Crippen molar-refractivity contribution in [3.8, 4) is 0 Å². The van der Waals surface area contributed by atoms with E-state index >= 15 is 0 Å². The van der Waals surface area contributed by atoms with Crippen LogP contribution in [0.5, 0.6) is 0 Å². The van der Waals surface area contributed by atoms with Gasteiger partial charge in [0.2, 0.25) is 0 Å². The van der Waals surface area contributed by atoms with Crippen molar-refractivity contribution in [2.24, 2.45) is 21.6 Å². The van der Waals surface area contributed by atoms with E-state index in [0.29, 0.717) is 17.6 Å². The van der Waals surface area contributed by atoms with E-state index in [4.69, 9.17) is 5.73 Å². The van der Waals surface area contributed by atoms with Gasteiger partial charge in [0, 0.05) is 6.42 Å². The van der Waals surface area contributed by atoms with Gasteiger partial charge >= 0.3 is 0 Å². The average molecular weight is 167 g/mol. The molecule has 3 nitrogen and oxygen atoms in total. The van der Waals surface area contributed by atoms with Crippen LogP contribution in [0.15, 0.2) is 21.9 Å². The summed E-state index contributed by atoms with van der Waals surface area (Å²) in [4.78, 5) is 7.88. The Morgan fingerprint density at radius 3 is 2.50 bits per heavy atom. The van der Waals surface area contributed by atoms with Gasteiger partial charge in [0.1, 0.15) is 11.7 Å². The number of hydrogen-bond donors (Lipinski definition) is 1. The molecule has 0 aromatic carbocycles. The van der Waals surface area contributed by atoms with Gasteiger partial charge in [0.15, 0.2) is 0 Å². The largest absolute Gasteiger partial charge is 0.384 e. The summed E-state index contributed by atoms with van der Waals surface area (Å²) >= 11 is 0. The zero-order valence-corrected chi connectivity index (χ0v) is 8.04. The fraction of sp³-hybridized carbons (Fsp3) is 0.556. The standard InChI is InChI=1S/C9H17N3/c1-5-8(10)12-9(11-4)6-7(2)3/h5,7H,4,6,10H2,1-3H3/b8-5-,12-9-. The Bertz CT molecular complexity index is 202. The molecular formula is C9H17N3. The molecule has 0 saturated heterocycles. The summed E-state index contributed by atoms with van der Waals surface area (Å²) in [5, 5.41) is 0. The number of amidine groups is 1. The summed E-state index contributed by atoms with van der Waals surface area (Å²) in [5.41, 5.74) is 5.51. The third-order valence-electron chi connectivity index (χ3n) is 1.33. The molecule has 0 spiro atoms. The summed E-state index contributed by atoms with van der Waals surface area (Å²) in [7, 11) is 0. The van der Waals surface area contributed by atoms with Crippen LogP contribution in [0.25, 0.3) is 0 Å². The Hall–Kier alpha value is -1.12.